The Balaban J connectivity index is 2.22. The van der Waals surface area contributed by atoms with E-state index in [9.17, 15) is 4.39 Å². The fraction of sp³-hybridized carbons (Fsp3) is 0.500. The molecule has 0 aliphatic heterocycles. The summed E-state index contributed by atoms with van der Waals surface area (Å²) in [5.41, 5.74) is 2.89. The summed E-state index contributed by atoms with van der Waals surface area (Å²) in [4.78, 5) is 8.67. The first kappa shape index (κ1) is 10.9. The lowest BCUT2D eigenvalue weighted by atomic mass is 9.97. The Morgan fingerprint density at radius 3 is 3.00 bits per heavy atom. The smallest absolute Gasteiger partial charge is 0.161 e. The minimum absolute atomic E-state index is 0.346. The first-order chi connectivity index (χ1) is 6.74. The molecule has 0 saturated heterocycles. The summed E-state index contributed by atoms with van der Waals surface area (Å²) < 4.78 is 13.0. The molecular weight excluding hydrogens is 183 g/mol. The third-order valence-electron chi connectivity index (χ3n) is 1.97. The molecule has 0 heterocycles. The molecule has 0 aromatic carbocycles. The minimum Gasteiger partial charge on any atom is -0.293 e. The summed E-state index contributed by atoms with van der Waals surface area (Å²) in [6, 6.07) is 0. The van der Waals surface area contributed by atoms with E-state index in [0.717, 1.165) is 12.6 Å². The normalized spacial score (nSPS) is 22.1. The zero-order valence-electron chi connectivity index (χ0n) is 8.46. The van der Waals surface area contributed by atoms with Gasteiger partial charge in [-0.1, -0.05) is 12.2 Å². The Labute approximate surface area is 83.3 Å². The Bertz CT molecular complexity index is 271. The molecular formula is C10H15FN2O. The molecule has 0 aromatic rings. The number of hydroxylamine groups is 1. The number of aliphatic imine (C=N–C) groups is 1. The number of halogens is 1. The summed E-state index contributed by atoms with van der Waals surface area (Å²) in [6.07, 6.45) is 6.35. The van der Waals surface area contributed by atoms with Gasteiger partial charge in [-0.3, -0.25) is 15.3 Å². The largest absolute Gasteiger partial charge is 0.293 e. The second-order valence-electron chi connectivity index (χ2n) is 3.20. The van der Waals surface area contributed by atoms with Crippen LogP contribution in [0.25, 0.3) is 0 Å². The van der Waals surface area contributed by atoms with Gasteiger partial charge < -0.3 is 0 Å². The van der Waals surface area contributed by atoms with Crippen molar-refractivity contribution in [2.45, 2.75) is 13.3 Å². The van der Waals surface area contributed by atoms with Crippen molar-refractivity contribution in [3.8, 4) is 0 Å². The lowest BCUT2D eigenvalue weighted by Gasteiger charge is -2.17. The molecule has 1 N–H and O–H groups in total. The van der Waals surface area contributed by atoms with Crippen molar-refractivity contribution < 1.29 is 9.23 Å². The second-order valence-corrected chi connectivity index (χ2v) is 3.20. The van der Waals surface area contributed by atoms with Gasteiger partial charge in [-0.05, 0) is 13.3 Å². The van der Waals surface area contributed by atoms with E-state index in [1.54, 1.807) is 6.92 Å². The average Bonchev–Trinajstić information content (AvgIpc) is 2.09. The van der Waals surface area contributed by atoms with Crippen LogP contribution >= 0.6 is 0 Å². The predicted octanol–water partition coefficient (Wildman–Crippen LogP) is 1.99. The minimum atomic E-state index is -0.406. The Kier molecular flexibility index (Phi) is 4.32. The van der Waals surface area contributed by atoms with E-state index < -0.39 is 5.83 Å². The summed E-state index contributed by atoms with van der Waals surface area (Å²) >= 11 is 0. The third-order valence-corrected chi connectivity index (χ3v) is 1.97. The molecule has 1 aliphatic carbocycles. The molecule has 0 saturated carbocycles. The molecule has 0 spiro atoms. The van der Waals surface area contributed by atoms with Gasteiger partial charge in [-0.15, -0.1) is 0 Å². The van der Waals surface area contributed by atoms with Crippen molar-refractivity contribution in [3.63, 3.8) is 0 Å². The van der Waals surface area contributed by atoms with Crippen LogP contribution in [0.2, 0.25) is 0 Å². The fourth-order valence-electron chi connectivity index (χ4n) is 0.968. The van der Waals surface area contributed by atoms with Crippen LogP contribution in [0.3, 0.4) is 0 Å². The Morgan fingerprint density at radius 1 is 1.79 bits per heavy atom. The van der Waals surface area contributed by atoms with Crippen LogP contribution in [0, 0.1) is 5.92 Å². The molecule has 0 fully saturated rings. The number of nitrogens with zero attached hydrogens (tertiary/aromatic N) is 1. The van der Waals surface area contributed by atoms with Crippen molar-refractivity contribution in [1.29, 1.82) is 0 Å². The highest BCUT2D eigenvalue weighted by Gasteiger charge is 2.10. The highest BCUT2D eigenvalue weighted by atomic mass is 19.1. The Morgan fingerprint density at radius 2 is 2.50 bits per heavy atom. The zero-order chi connectivity index (χ0) is 10.4. The first-order valence-corrected chi connectivity index (χ1v) is 4.57. The molecule has 1 aliphatic rings. The van der Waals surface area contributed by atoms with E-state index in [-0.39, 0.29) is 0 Å². The number of hydrogen-bond acceptors (Lipinski definition) is 3. The molecule has 4 heteroatoms. The van der Waals surface area contributed by atoms with Crippen LogP contribution in [0.15, 0.2) is 28.7 Å². The summed E-state index contributed by atoms with van der Waals surface area (Å²) in [6.45, 7) is 2.18. The van der Waals surface area contributed by atoms with Crippen molar-refractivity contribution >= 4 is 6.21 Å². The number of allylic oxidation sites excluding steroid dienone is 3. The van der Waals surface area contributed by atoms with Gasteiger partial charge >= 0.3 is 0 Å². The summed E-state index contributed by atoms with van der Waals surface area (Å²) in [5.74, 6) is 0.0647. The lowest BCUT2D eigenvalue weighted by molar-refractivity contribution is 0.0421. The maximum atomic E-state index is 13.0. The van der Waals surface area contributed by atoms with Gasteiger partial charge in [-0.25, -0.2) is 4.39 Å². The van der Waals surface area contributed by atoms with Crippen molar-refractivity contribution in [2.24, 2.45) is 10.9 Å². The standard InChI is InChI=1S/C10H15FN2O/c1-8(10(11)6-12-2)13-14-7-9-4-3-5-9/h3-4,6,9,13H,5,7H2,1-2H3/b10-8+,12-6?/t9-/m0/s1. The number of hydrogen-bond donors (Lipinski definition) is 1. The second kappa shape index (κ2) is 5.54. The van der Waals surface area contributed by atoms with Crippen molar-refractivity contribution in [2.75, 3.05) is 13.7 Å². The molecule has 1 atom stereocenters. The molecule has 14 heavy (non-hydrogen) atoms. The fourth-order valence-corrected chi connectivity index (χ4v) is 0.968. The topological polar surface area (TPSA) is 33.6 Å². The molecule has 78 valence electrons. The van der Waals surface area contributed by atoms with Crippen LogP contribution in [-0.4, -0.2) is 19.9 Å². The molecule has 0 bridgehead atoms. The zero-order valence-corrected chi connectivity index (χ0v) is 8.46. The molecule has 0 amide bonds. The Hall–Kier alpha value is -1.16. The quantitative estimate of drug-likeness (QED) is 0.416. The van der Waals surface area contributed by atoms with E-state index >= 15 is 0 Å². The van der Waals surface area contributed by atoms with Crippen molar-refractivity contribution in [1.82, 2.24) is 5.48 Å². The van der Waals surface area contributed by atoms with Crippen LogP contribution in [0.4, 0.5) is 4.39 Å². The van der Waals surface area contributed by atoms with E-state index in [1.807, 2.05) is 0 Å². The summed E-state index contributed by atoms with van der Waals surface area (Å²) in [7, 11) is 1.52. The molecule has 0 radical (unpaired) electrons. The highest BCUT2D eigenvalue weighted by Crippen LogP contribution is 2.16. The monoisotopic (exact) mass is 198 g/mol. The third kappa shape index (κ3) is 3.30. The number of rotatable bonds is 5. The summed E-state index contributed by atoms with van der Waals surface area (Å²) in [5, 5.41) is 0. The van der Waals surface area contributed by atoms with Gasteiger partial charge in [0.05, 0.1) is 18.5 Å². The molecule has 3 nitrogen and oxygen atoms in total. The van der Waals surface area contributed by atoms with E-state index in [0.29, 0.717) is 18.2 Å². The van der Waals surface area contributed by atoms with Crippen molar-refractivity contribution in [3.05, 3.63) is 23.7 Å². The van der Waals surface area contributed by atoms with Crippen LogP contribution in [-0.2, 0) is 4.84 Å². The molecule has 1 rings (SSSR count). The highest BCUT2D eigenvalue weighted by molar-refractivity contribution is 5.76. The van der Waals surface area contributed by atoms with E-state index in [1.165, 1.54) is 7.05 Å². The van der Waals surface area contributed by atoms with Gasteiger partial charge in [0, 0.05) is 13.0 Å². The van der Waals surface area contributed by atoms with E-state index in [4.69, 9.17) is 4.84 Å². The van der Waals surface area contributed by atoms with Crippen LogP contribution in [0.1, 0.15) is 13.3 Å². The maximum absolute atomic E-state index is 13.0. The van der Waals surface area contributed by atoms with Gasteiger partial charge in [-0.2, -0.15) is 0 Å². The molecule has 0 unspecified atom stereocenters. The number of nitrogens with one attached hydrogen (secondary N) is 1. The van der Waals surface area contributed by atoms with Crippen LogP contribution in [0.5, 0.6) is 0 Å². The van der Waals surface area contributed by atoms with Gasteiger partial charge in [0.1, 0.15) is 0 Å². The maximum Gasteiger partial charge on any atom is 0.161 e. The van der Waals surface area contributed by atoms with E-state index in [2.05, 4.69) is 22.6 Å². The average molecular weight is 198 g/mol. The predicted molar refractivity (Wildman–Crippen MR) is 54.6 cm³/mol. The van der Waals surface area contributed by atoms with Gasteiger partial charge in [0.15, 0.2) is 5.83 Å². The lowest BCUT2D eigenvalue weighted by Crippen LogP contribution is -2.20. The van der Waals surface area contributed by atoms with Gasteiger partial charge in [0.25, 0.3) is 0 Å². The first-order valence-electron chi connectivity index (χ1n) is 4.57. The van der Waals surface area contributed by atoms with Crippen LogP contribution < -0.4 is 5.48 Å². The SMILES string of the molecule is CN=C/C(F)=C(/C)NOC[C@H]1C=CC1. The molecule has 0 aromatic heterocycles. The van der Waals surface area contributed by atoms with Gasteiger partial charge in [0.2, 0.25) is 0 Å².